The largest absolute Gasteiger partial charge is 0.351 e. The maximum Gasteiger partial charge on any atom is 0.267 e. The van der Waals surface area contributed by atoms with Crippen molar-refractivity contribution in [3.8, 4) is 0 Å². The molecule has 2 N–H and O–H groups in total. The Labute approximate surface area is 120 Å². The summed E-state index contributed by atoms with van der Waals surface area (Å²) in [6, 6.07) is 9.85. The molecule has 0 spiro atoms. The molecule has 100 valence electrons. The van der Waals surface area contributed by atoms with E-state index in [1.165, 1.54) is 11.5 Å². The molecule has 1 saturated heterocycles. The van der Waals surface area contributed by atoms with Crippen LogP contribution >= 0.6 is 23.5 Å². The van der Waals surface area contributed by atoms with Crippen LogP contribution in [0.15, 0.2) is 30.3 Å². The molecule has 1 aromatic carbocycles. The van der Waals surface area contributed by atoms with Crippen molar-refractivity contribution in [2.45, 2.75) is 5.25 Å². The van der Waals surface area contributed by atoms with Crippen LogP contribution in [0.2, 0.25) is 0 Å². The van der Waals surface area contributed by atoms with Crippen molar-refractivity contribution < 1.29 is 4.79 Å². The Morgan fingerprint density at radius 3 is 3.05 bits per heavy atom. The summed E-state index contributed by atoms with van der Waals surface area (Å²) in [7, 11) is 0. The molecular formula is C14H16N2OS2. The molecule has 5 heteroatoms. The molecule has 1 amide bonds. The highest BCUT2D eigenvalue weighted by molar-refractivity contribution is 8.06. The average molecular weight is 292 g/mol. The summed E-state index contributed by atoms with van der Waals surface area (Å²) in [6.45, 7) is 0.756. The van der Waals surface area contributed by atoms with Crippen molar-refractivity contribution in [3.63, 3.8) is 0 Å². The van der Waals surface area contributed by atoms with Crippen molar-refractivity contribution >= 4 is 40.3 Å². The number of hydrogen-bond donors (Lipinski definition) is 2. The molecule has 1 aromatic heterocycles. The van der Waals surface area contributed by atoms with Crippen molar-refractivity contribution in [1.29, 1.82) is 0 Å². The van der Waals surface area contributed by atoms with Gasteiger partial charge in [0.2, 0.25) is 0 Å². The quantitative estimate of drug-likeness (QED) is 0.914. The van der Waals surface area contributed by atoms with Gasteiger partial charge in [0.05, 0.1) is 0 Å². The average Bonchev–Trinajstić information content (AvgIpc) is 2.90. The lowest BCUT2D eigenvalue weighted by molar-refractivity contribution is 0.0950. The van der Waals surface area contributed by atoms with E-state index >= 15 is 0 Å². The minimum Gasteiger partial charge on any atom is -0.351 e. The summed E-state index contributed by atoms with van der Waals surface area (Å²) in [5, 5.41) is 4.65. The lowest BCUT2D eigenvalue weighted by Gasteiger charge is -2.20. The van der Waals surface area contributed by atoms with Crippen LogP contribution in [-0.2, 0) is 0 Å². The van der Waals surface area contributed by atoms with E-state index in [9.17, 15) is 4.79 Å². The highest BCUT2D eigenvalue weighted by Crippen LogP contribution is 2.23. The number of aromatic nitrogens is 1. The Balaban J connectivity index is 1.63. The van der Waals surface area contributed by atoms with Crippen molar-refractivity contribution in [1.82, 2.24) is 10.3 Å². The summed E-state index contributed by atoms with van der Waals surface area (Å²) in [6.07, 6.45) is 0. The van der Waals surface area contributed by atoms with Crippen molar-refractivity contribution in [2.75, 3.05) is 23.8 Å². The monoisotopic (exact) mass is 292 g/mol. The minimum absolute atomic E-state index is 0.00706. The predicted molar refractivity (Wildman–Crippen MR) is 84.2 cm³/mol. The molecule has 3 rings (SSSR count). The molecule has 1 unspecified atom stereocenters. The van der Waals surface area contributed by atoms with Gasteiger partial charge >= 0.3 is 0 Å². The lowest BCUT2D eigenvalue weighted by Crippen LogP contribution is -2.33. The first kappa shape index (κ1) is 12.9. The molecule has 2 aromatic rings. The molecule has 3 nitrogen and oxygen atoms in total. The molecule has 19 heavy (non-hydrogen) atoms. The first-order chi connectivity index (χ1) is 9.33. The molecule has 1 atom stereocenters. The molecule has 1 aliphatic rings. The Morgan fingerprint density at radius 1 is 1.37 bits per heavy atom. The highest BCUT2D eigenvalue weighted by atomic mass is 32.2. The number of nitrogens with one attached hydrogen (secondary N) is 2. The maximum atomic E-state index is 12.1. The van der Waals surface area contributed by atoms with Crippen LogP contribution in [0.1, 0.15) is 10.5 Å². The molecule has 0 saturated carbocycles. The van der Waals surface area contributed by atoms with Gasteiger partial charge in [0, 0.05) is 40.0 Å². The van der Waals surface area contributed by atoms with E-state index in [4.69, 9.17) is 0 Å². The van der Waals surface area contributed by atoms with Crippen LogP contribution in [0.3, 0.4) is 0 Å². The number of carbonyl (C=O) groups is 1. The van der Waals surface area contributed by atoms with Gasteiger partial charge in [0.1, 0.15) is 5.69 Å². The zero-order valence-electron chi connectivity index (χ0n) is 10.5. The number of rotatable bonds is 3. The zero-order valence-corrected chi connectivity index (χ0v) is 12.2. The van der Waals surface area contributed by atoms with Gasteiger partial charge in [-0.2, -0.15) is 23.5 Å². The standard InChI is InChI=1S/C14H16N2OS2/c17-14(15-8-11-9-18-5-6-19-11)13-7-10-3-1-2-4-12(10)16-13/h1-4,7,11,16H,5-6,8-9H2,(H,15,17). The SMILES string of the molecule is O=C(NCC1CSCCS1)c1cc2ccccc2[nH]1. The summed E-state index contributed by atoms with van der Waals surface area (Å²) < 4.78 is 0. The van der Waals surface area contributed by atoms with Crippen LogP contribution in [0.4, 0.5) is 0 Å². The number of hydrogen-bond acceptors (Lipinski definition) is 3. The van der Waals surface area contributed by atoms with Gasteiger partial charge in [-0.3, -0.25) is 4.79 Å². The third-order valence-electron chi connectivity index (χ3n) is 3.15. The Kier molecular flexibility index (Phi) is 4.03. The van der Waals surface area contributed by atoms with E-state index in [0.717, 1.165) is 23.2 Å². The second kappa shape index (κ2) is 5.92. The van der Waals surface area contributed by atoms with Gasteiger partial charge in [-0.05, 0) is 12.1 Å². The normalized spacial score (nSPS) is 19.5. The van der Waals surface area contributed by atoms with Gasteiger partial charge in [0.25, 0.3) is 5.91 Å². The zero-order chi connectivity index (χ0) is 13.1. The van der Waals surface area contributed by atoms with E-state index in [2.05, 4.69) is 10.3 Å². The predicted octanol–water partition coefficient (Wildman–Crippen LogP) is 2.75. The Bertz CT molecular complexity index is 543. The fourth-order valence-corrected chi connectivity index (χ4v) is 4.76. The number of benzene rings is 1. The van der Waals surface area contributed by atoms with E-state index in [-0.39, 0.29) is 5.91 Å². The molecule has 2 heterocycles. The smallest absolute Gasteiger partial charge is 0.267 e. The van der Waals surface area contributed by atoms with E-state index in [1.807, 2.05) is 53.9 Å². The van der Waals surface area contributed by atoms with E-state index in [0.29, 0.717) is 10.9 Å². The molecule has 0 aliphatic carbocycles. The molecule has 1 aliphatic heterocycles. The number of carbonyl (C=O) groups excluding carboxylic acids is 1. The summed E-state index contributed by atoms with van der Waals surface area (Å²) in [5.41, 5.74) is 1.66. The van der Waals surface area contributed by atoms with Crippen LogP contribution in [0.25, 0.3) is 10.9 Å². The van der Waals surface area contributed by atoms with Crippen molar-refractivity contribution in [2.24, 2.45) is 0 Å². The van der Waals surface area contributed by atoms with Gasteiger partial charge in [0.15, 0.2) is 0 Å². The fourth-order valence-electron chi connectivity index (χ4n) is 2.15. The van der Waals surface area contributed by atoms with E-state index < -0.39 is 0 Å². The van der Waals surface area contributed by atoms with Crippen LogP contribution in [0.5, 0.6) is 0 Å². The second-order valence-corrected chi connectivity index (χ2v) is 7.11. The summed E-state index contributed by atoms with van der Waals surface area (Å²) in [4.78, 5) is 15.3. The van der Waals surface area contributed by atoms with Gasteiger partial charge in [-0.1, -0.05) is 18.2 Å². The van der Waals surface area contributed by atoms with Gasteiger partial charge in [-0.15, -0.1) is 0 Å². The number of para-hydroxylation sites is 1. The number of aromatic amines is 1. The van der Waals surface area contributed by atoms with Crippen LogP contribution in [0, 0.1) is 0 Å². The molecule has 1 fully saturated rings. The highest BCUT2D eigenvalue weighted by Gasteiger charge is 2.16. The topological polar surface area (TPSA) is 44.9 Å². The summed E-state index contributed by atoms with van der Waals surface area (Å²) in [5.74, 6) is 3.55. The van der Waals surface area contributed by atoms with Crippen LogP contribution < -0.4 is 5.32 Å². The molecule has 0 radical (unpaired) electrons. The number of thioether (sulfide) groups is 2. The summed E-state index contributed by atoms with van der Waals surface area (Å²) >= 11 is 3.93. The third-order valence-corrected chi connectivity index (χ3v) is 5.99. The minimum atomic E-state index is -0.00706. The fraction of sp³-hybridized carbons (Fsp3) is 0.357. The second-order valence-electron chi connectivity index (χ2n) is 4.55. The first-order valence-electron chi connectivity index (χ1n) is 6.38. The molecule has 0 bridgehead atoms. The van der Waals surface area contributed by atoms with E-state index in [1.54, 1.807) is 0 Å². The van der Waals surface area contributed by atoms with Gasteiger partial charge in [-0.25, -0.2) is 0 Å². The molecular weight excluding hydrogens is 276 g/mol. The number of amides is 1. The first-order valence-corrected chi connectivity index (χ1v) is 8.58. The van der Waals surface area contributed by atoms with Gasteiger partial charge < -0.3 is 10.3 Å². The van der Waals surface area contributed by atoms with Crippen molar-refractivity contribution in [3.05, 3.63) is 36.0 Å². The third kappa shape index (κ3) is 3.09. The Hall–Kier alpha value is -1.07. The number of fused-ring (bicyclic) bond motifs is 1. The Morgan fingerprint density at radius 2 is 2.26 bits per heavy atom. The maximum absolute atomic E-state index is 12.1. The van der Waals surface area contributed by atoms with Crippen LogP contribution in [-0.4, -0.2) is 39.9 Å². The lowest BCUT2D eigenvalue weighted by atomic mass is 10.2. The number of H-pyrrole nitrogens is 1.